The van der Waals surface area contributed by atoms with Crippen LogP contribution in [0.15, 0.2) is 54.6 Å². The summed E-state index contributed by atoms with van der Waals surface area (Å²) >= 11 is 0. The van der Waals surface area contributed by atoms with Crippen LogP contribution in [-0.4, -0.2) is 13.0 Å². The van der Waals surface area contributed by atoms with Gasteiger partial charge in [-0.1, -0.05) is 54.0 Å². The van der Waals surface area contributed by atoms with Crippen LogP contribution in [0.2, 0.25) is 0 Å². The standard InChI is InChI=1S/C14H12NO2/c1-17-15-14(16)13-10-6-5-9-12(13)11-7-3-2-4-8-11/h2-10H,1H3. The molecule has 0 unspecified atom stereocenters. The van der Waals surface area contributed by atoms with Crippen molar-refractivity contribution in [1.29, 1.82) is 0 Å². The predicted molar refractivity (Wildman–Crippen MR) is 65.4 cm³/mol. The SMILES string of the molecule is CO[N]C(=O)c1ccccc1-c1ccccc1. The second kappa shape index (κ2) is 5.27. The fraction of sp³-hybridized carbons (Fsp3) is 0.0714. The van der Waals surface area contributed by atoms with Crippen LogP contribution in [0, 0.1) is 0 Å². The van der Waals surface area contributed by atoms with E-state index in [-0.39, 0.29) is 5.91 Å². The lowest BCUT2D eigenvalue weighted by Crippen LogP contribution is -2.15. The Balaban J connectivity index is 2.45. The molecule has 2 aromatic rings. The minimum atomic E-state index is -0.369. The van der Waals surface area contributed by atoms with Gasteiger partial charge in [0.15, 0.2) is 0 Å². The molecule has 2 aromatic carbocycles. The first kappa shape index (κ1) is 11.4. The van der Waals surface area contributed by atoms with Crippen LogP contribution in [0.3, 0.4) is 0 Å². The number of carbonyl (C=O) groups excluding carboxylic acids is 1. The lowest BCUT2D eigenvalue weighted by molar-refractivity contribution is 0.0500. The van der Waals surface area contributed by atoms with Gasteiger partial charge in [-0.3, -0.25) is 9.63 Å². The summed E-state index contributed by atoms with van der Waals surface area (Å²) in [6.45, 7) is 0. The van der Waals surface area contributed by atoms with E-state index in [2.05, 4.69) is 10.3 Å². The molecule has 0 spiro atoms. The molecule has 3 heteroatoms. The highest BCUT2D eigenvalue weighted by molar-refractivity contribution is 6.00. The lowest BCUT2D eigenvalue weighted by atomic mass is 9.99. The van der Waals surface area contributed by atoms with Gasteiger partial charge in [0.2, 0.25) is 0 Å². The first-order valence-corrected chi connectivity index (χ1v) is 5.26. The largest absolute Gasteiger partial charge is 0.300 e. The van der Waals surface area contributed by atoms with Gasteiger partial charge in [0.05, 0.1) is 12.7 Å². The number of nitrogens with zero attached hydrogens (tertiary/aromatic N) is 1. The highest BCUT2D eigenvalue weighted by Crippen LogP contribution is 2.23. The summed E-state index contributed by atoms with van der Waals surface area (Å²) in [5.41, 5.74) is 5.83. The van der Waals surface area contributed by atoms with Crippen molar-refractivity contribution in [2.75, 3.05) is 7.11 Å². The summed E-state index contributed by atoms with van der Waals surface area (Å²) in [4.78, 5) is 16.3. The Labute approximate surface area is 100.0 Å². The normalized spacial score (nSPS) is 9.94. The second-order valence-electron chi connectivity index (χ2n) is 3.49. The molecule has 0 saturated heterocycles. The molecule has 0 aliphatic carbocycles. The van der Waals surface area contributed by atoms with Crippen molar-refractivity contribution in [3.8, 4) is 11.1 Å². The van der Waals surface area contributed by atoms with Crippen molar-refractivity contribution in [3.63, 3.8) is 0 Å². The Morgan fingerprint density at radius 1 is 1.00 bits per heavy atom. The zero-order valence-electron chi connectivity index (χ0n) is 9.46. The van der Waals surface area contributed by atoms with Gasteiger partial charge in [-0.25, -0.2) is 0 Å². The van der Waals surface area contributed by atoms with Crippen molar-refractivity contribution in [3.05, 3.63) is 60.2 Å². The van der Waals surface area contributed by atoms with Gasteiger partial charge in [0.25, 0.3) is 0 Å². The van der Waals surface area contributed by atoms with Gasteiger partial charge in [0.1, 0.15) is 0 Å². The average Bonchev–Trinajstić information content (AvgIpc) is 2.40. The summed E-state index contributed by atoms with van der Waals surface area (Å²) in [5.74, 6) is -0.369. The molecule has 0 N–H and O–H groups in total. The molecular formula is C14H12NO2. The van der Waals surface area contributed by atoms with Gasteiger partial charge in [-0.05, 0) is 17.2 Å². The van der Waals surface area contributed by atoms with Gasteiger partial charge in [0, 0.05) is 0 Å². The third-order valence-corrected chi connectivity index (χ3v) is 2.42. The monoisotopic (exact) mass is 226 g/mol. The minimum Gasteiger partial charge on any atom is -0.265 e. The van der Waals surface area contributed by atoms with Crippen LogP contribution in [0.5, 0.6) is 0 Å². The van der Waals surface area contributed by atoms with E-state index in [1.807, 2.05) is 48.5 Å². The molecule has 0 atom stereocenters. The minimum absolute atomic E-state index is 0.369. The number of hydrogen-bond acceptors (Lipinski definition) is 2. The van der Waals surface area contributed by atoms with Crippen LogP contribution >= 0.6 is 0 Å². The van der Waals surface area contributed by atoms with E-state index in [1.165, 1.54) is 7.11 Å². The molecule has 0 saturated carbocycles. The Morgan fingerprint density at radius 3 is 2.35 bits per heavy atom. The van der Waals surface area contributed by atoms with Crippen molar-refractivity contribution in [2.24, 2.45) is 0 Å². The molecule has 0 bridgehead atoms. The van der Waals surface area contributed by atoms with E-state index >= 15 is 0 Å². The Bertz CT molecular complexity index is 509. The van der Waals surface area contributed by atoms with Gasteiger partial charge in [-0.15, -0.1) is 0 Å². The topological polar surface area (TPSA) is 40.4 Å². The first-order valence-electron chi connectivity index (χ1n) is 5.26. The Hall–Kier alpha value is -2.13. The van der Waals surface area contributed by atoms with Crippen molar-refractivity contribution in [1.82, 2.24) is 5.48 Å². The molecule has 3 nitrogen and oxygen atoms in total. The summed E-state index contributed by atoms with van der Waals surface area (Å²) in [6, 6.07) is 17.1. The number of benzene rings is 2. The number of rotatable bonds is 3. The Morgan fingerprint density at radius 2 is 1.65 bits per heavy atom. The molecule has 0 heterocycles. The molecule has 1 amide bonds. The zero-order valence-corrected chi connectivity index (χ0v) is 9.46. The molecule has 1 radical (unpaired) electrons. The fourth-order valence-corrected chi connectivity index (χ4v) is 1.67. The van der Waals surface area contributed by atoms with E-state index in [0.29, 0.717) is 5.56 Å². The van der Waals surface area contributed by atoms with Crippen LogP contribution in [0.4, 0.5) is 0 Å². The predicted octanol–water partition coefficient (Wildman–Crippen LogP) is 2.66. The summed E-state index contributed by atoms with van der Waals surface area (Å²) < 4.78 is 0. The van der Waals surface area contributed by atoms with E-state index in [9.17, 15) is 4.79 Å². The maximum atomic E-state index is 11.7. The lowest BCUT2D eigenvalue weighted by Gasteiger charge is -2.07. The number of hydroxylamine groups is 1. The third kappa shape index (κ3) is 2.52. The number of amides is 1. The summed E-state index contributed by atoms with van der Waals surface area (Å²) in [7, 11) is 1.36. The van der Waals surface area contributed by atoms with Crippen molar-refractivity contribution < 1.29 is 9.63 Å². The molecular weight excluding hydrogens is 214 g/mol. The molecule has 17 heavy (non-hydrogen) atoms. The van der Waals surface area contributed by atoms with Crippen molar-refractivity contribution >= 4 is 5.91 Å². The van der Waals surface area contributed by atoms with Gasteiger partial charge in [-0.2, -0.15) is 0 Å². The van der Waals surface area contributed by atoms with Gasteiger partial charge < -0.3 is 0 Å². The Kier molecular flexibility index (Phi) is 3.52. The summed E-state index contributed by atoms with van der Waals surface area (Å²) in [5, 5.41) is 0. The maximum Gasteiger partial charge on any atom is 0.300 e. The van der Waals surface area contributed by atoms with Crippen LogP contribution in [0.1, 0.15) is 10.4 Å². The van der Waals surface area contributed by atoms with Crippen molar-refractivity contribution in [2.45, 2.75) is 0 Å². The quantitative estimate of drug-likeness (QED) is 0.755. The number of hydrogen-bond donors (Lipinski definition) is 0. The van der Waals surface area contributed by atoms with Gasteiger partial charge >= 0.3 is 5.91 Å². The van der Waals surface area contributed by atoms with Crippen LogP contribution < -0.4 is 5.48 Å². The smallest absolute Gasteiger partial charge is 0.265 e. The zero-order chi connectivity index (χ0) is 12.1. The molecule has 85 valence electrons. The second-order valence-corrected chi connectivity index (χ2v) is 3.49. The number of carbonyl (C=O) groups is 1. The molecule has 2 rings (SSSR count). The van der Waals surface area contributed by atoms with E-state index in [1.54, 1.807) is 6.07 Å². The van der Waals surface area contributed by atoms with Crippen LogP contribution in [-0.2, 0) is 4.84 Å². The first-order chi connectivity index (χ1) is 8.33. The molecule has 0 aliphatic rings. The summed E-state index contributed by atoms with van der Waals surface area (Å²) in [6.07, 6.45) is 0. The highest BCUT2D eigenvalue weighted by Gasteiger charge is 2.12. The molecule has 0 aliphatic heterocycles. The highest BCUT2D eigenvalue weighted by atomic mass is 16.6. The van der Waals surface area contributed by atoms with E-state index in [4.69, 9.17) is 0 Å². The van der Waals surface area contributed by atoms with E-state index in [0.717, 1.165) is 11.1 Å². The third-order valence-electron chi connectivity index (χ3n) is 2.42. The van der Waals surface area contributed by atoms with E-state index < -0.39 is 0 Å². The fourth-order valence-electron chi connectivity index (χ4n) is 1.67. The molecule has 0 aromatic heterocycles. The van der Waals surface area contributed by atoms with Crippen LogP contribution in [0.25, 0.3) is 11.1 Å². The maximum absolute atomic E-state index is 11.7. The average molecular weight is 226 g/mol. The molecule has 0 fully saturated rings.